The normalized spacial score (nSPS) is 10.1. The van der Waals surface area contributed by atoms with Crippen molar-refractivity contribution in [2.24, 2.45) is 0 Å². The highest BCUT2D eigenvalue weighted by molar-refractivity contribution is 7.99. The Bertz CT molecular complexity index is 611. The Kier molecular flexibility index (Phi) is 3.49. The second kappa shape index (κ2) is 5.07. The van der Waals surface area contributed by atoms with Crippen molar-refractivity contribution >= 4 is 17.4 Å². The molecule has 0 aliphatic carbocycles. The topological polar surface area (TPSA) is 75.6 Å². The van der Waals surface area contributed by atoms with Gasteiger partial charge in [0.1, 0.15) is 16.1 Å². The van der Waals surface area contributed by atoms with E-state index in [1.54, 1.807) is 12.1 Å². The van der Waals surface area contributed by atoms with Gasteiger partial charge in [-0.1, -0.05) is 11.8 Å². The van der Waals surface area contributed by atoms with Crippen molar-refractivity contribution < 1.29 is 0 Å². The van der Waals surface area contributed by atoms with Crippen molar-refractivity contribution in [1.82, 2.24) is 9.97 Å². The number of hydrogen-bond donors (Lipinski definition) is 1. The van der Waals surface area contributed by atoms with Crippen molar-refractivity contribution in [2.45, 2.75) is 23.9 Å². The molecule has 18 heavy (non-hydrogen) atoms. The molecule has 0 bridgehead atoms. The van der Waals surface area contributed by atoms with Gasteiger partial charge in [-0.15, -0.1) is 0 Å². The number of nitrogens with zero attached hydrogens (tertiary/aromatic N) is 3. The maximum Gasteiger partial charge on any atom is 0.164 e. The summed E-state index contributed by atoms with van der Waals surface area (Å²) in [6.07, 6.45) is 0. The molecule has 4 nitrogen and oxygen atoms in total. The summed E-state index contributed by atoms with van der Waals surface area (Å²) < 4.78 is 0. The highest BCUT2D eigenvalue weighted by Gasteiger charge is 2.05. The van der Waals surface area contributed by atoms with Gasteiger partial charge >= 0.3 is 0 Å². The molecule has 90 valence electrons. The van der Waals surface area contributed by atoms with Crippen LogP contribution in [0.25, 0.3) is 0 Å². The van der Waals surface area contributed by atoms with Crippen molar-refractivity contribution in [3.8, 4) is 6.07 Å². The first-order valence-corrected chi connectivity index (χ1v) is 6.20. The number of anilines is 1. The van der Waals surface area contributed by atoms with Gasteiger partial charge in [0.2, 0.25) is 0 Å². The Balaban J connectivity index is 2.31. The molecule has 2 heterocycles. The van der Waals surface area contributed by atoms with Crippen LogP contribution in [0, 0.1) is 25.2 Å². The van der Waals surface area contributed by atoms with Gasteiger partial charge in [-0.05, 0) is 43.7 Å². The molecular weight excluding hydrogens is 244 g/mol. The van der Waals surface area contributed by atoms with E-state index in [0.29, 0.717) is 5.69 Å². The first kappa shape index (κ1) is 12.4. The zero-order chi connectivity index (χ0) is 13.1. The Labute approximate surface area is 110 Å². The lowest BCUT2D eigenvalue weighted by Gasteiger charge is -2.04. The molecule has 0 radical (unpaired) electrons. The molecule has 0 saturated carbocycles. The predicted octanol–water partition coefficient (Wildman–Crippen LogP) is 2.70. The number of nitrogens with two attached hydrogens (primary N) is 1. The molecule has 0 spiro atoms. The SMILES string of the molecule is Cc1cc(C)nc(Sc2ccc(N)c(C#N)n2)c1. The Morgan fingerprint density at radius 1 is 1.17 bits per heavy atom. The third-order valence-corrected chi connectivity index (χ3v) is 3.14. The number of nitrogen functional groups attached to an aromatic ring is 1. The van der Waals surface area contributed by atoms with Crippen LogP contribution < -0.4 is 5.73 Å². The lowest BCUT2D eigenvalue weighted by molar-refractivity contribution is 1.03. The van der Waals surface area contributed by atoms with E-state index in [0.717, 1.165) is 21.3 Å². The van der Waals surface area contributed by atoms with Crippen LogP contribution in [-0.2, 0) is 0 Å². The molecule has 2 rings (SSSR count). The van der Waals surface area contributed by atoms with Gasteiger partial charge < -0.3 is 5.73 Å². The molecule has 0 saturated heterocycles. The Morgan fingerprint density at radius 2 is 1.94 bits per heavy atom. The van der Waals surface area contributed by atoms with Gasteiger partial charge in [0.25, 0.3) is 0 Å². The second-order valence-electron chi connectivity index (χ2n) is 3.93. The van der Waals surface area contributed by atoms with Gasteiger partial charge in [-0.2, -0.15) is 5.26 Å². The standard InChI is InChI=1S/C13H12N4S/c1-8-5-9(2)16-13(6-8)18-12-4-3-10(15)11(7-14)17-12/h3-6H,15H2,1-2H3. The van der Waals surface area contributed by atoms with Crippen LogP contribution in [0.4, 0.5) is 5.69 Å². The van der Waals surface area contributed by atoms with Crippen molar-refractivity contribution in [1.29, 1.82) is 5.26 Å². The van der Waals surface area contributed by atoms with E-state index < -0.39 is 0 Å². The van der Waals surface area contributed by atoms with Gasteiger partial charge in [-0.3, -0.25) is 0 Å². The summed E-state index contributed by atoms with van der Waals surface area (Å²) in [5.41, 5.74) is 8.40. The summed E-state index contributed by atoms with van der Waals surface area (Å²) in [6, 6.07) is 9.46. The number of aryl methyl sites for hydroxylation is 2. The van der Waals surface area contributed by atoms with Gasteiger partial charge in [0.05, 0.1) is 5.69 Å². The molecule has 0 fully saturated rings. The summed E-state index contributed by atoms with van der Waals surface area (Å²) in [5.74, 6) is 0. The Morgan fingerprint density at radius 3 is 2.61 bits per heavy atom. The number of rotatable bonds is 2. The van der Waals surface area contributed by atoms with E-state index in [1.807, 2.05) is 32.0 Å². The fourth-order valence-electron chi connectivity index (χ4n) is 1.56. The van der Waals surface area contributed by atoms with Crippen LogP contribution in [0.2, 0.25) is 0 Å². The van der Waals surface area contributed by atoms with Crippen LogP contribution >= 0.6 is 11.8 Å². The summed E-state index contributed by atoms with van der Waals surface area (Å²) in [7, 11) is 0. The van der Waals surface area contributed by atoms with E-state index in [9.17, 15) is 0 Å². The van der Waals surface area contributed by atoms with E-state index in [-0.39, 0.29) is 5.69 Å². The predicted molar refractivity (Wildman–Crippen MR) is 71.2 cm³/mol. The number of aromatic nitrogens is 2. The Hall–Kier alpha value is -2.06. The minimum absolute atomic E-state index is 0.254. The highest BCUT2D eigenvalue weighted by Crippen LogP contribution is 2.26. The molecule has 0 amide bonds. The maximum atomic E-state index is 8.88. The fraction of sp³-hybridized carbons (Fsp3) is 0.154. The fourth-order valence-corrected chi connectivity index (χ4v) is 2.48. The molecule has 0 aliphatic rings. The summed E-state index contributed by atoms with van der Waals surface area (Å²) in [5, 5.41) is 10.5. The zero-order valence-corrected chi connectivity index (χ0v) is 11.0. The second-order valence-corrected chi connectivity index (χ2v) is 4.97. The van der Waals surface area contributed by atoms with Gasteiger partial charge in [0.15, 0.2) is 5.69 Å². The lowest BCUT2D eigenvalue weighted by atomic mass is 10.3. The quantitative estimate of drug-likeness (QED) is 0.894. The molecule has 0 aliphatic heterocycles. The first-order chi connectivity index (χ1) is 8.58. The van der Waals surface area contributed by atoms with E-state index in [2.05, 4.69) is 9.97 Å². The average molecular weight is 256 g/mol. The molecule has 2 aromatic rings. The number of pyridine rings is 2. The van der Waals surface area contributed by atoms with Crippen molar-refractivity contribution in [3.63, 3.8) is 0 Å². The molecule has 0 unspecified atom stereocenters. The third-order valence-electron chi connectivity index (χ3n) is 2.29. The molecular formula is C13H12N4S. The lowest BCUT2D eigenvalue weighted by Crippen LogP contribution is -1.95. The van der Waals surface area contributed by atoms with Crippen molar-refractivity contribution in [3.05, 3.63) is 41.2 Å². The summed E-state index contributed by atoms with van der Waals surface area (Å²) >= 11 is 1.43. The summed E-state index contributed by atoms with van der Waals surface area (Å²) in [4.78, 5) is 8.60. The van der Waals surface area contributed by atoms with Crippen LogP contribution in [0.3, 0.4) is 0 Å². The van der Waals surface area contributed by atoms with Gasteiger partial charge in [-0.25, -0.2) is 9.97 Å². The smallest absolute Gasteiger partial charge is 0.164 e. The van der Waals surface area contributed by atoms with Crippen molar-refractivity contribution in [2.75, 3.05) is 5.73 Å². The maximum absolute atomic E-state index is 8.88. The van der Waals surface area contributed by atoms with Gasteiger partial charge in [0, 0.05) is 5.69 Å². The number of nitriles is 1. The average Bonchev–Trinajstić information content (AvgIpc) is 2.30. The highest BCUT2D eigenvalue weighted by atomic mass is 32.2. The monoisotopic (exact) mass is 256 g/mol. The van der Waals surface area contributed by atoms with Crippen LogP contribution in [0.1, 0.15) is 17.0 Å². The number of hydrogen-bond acceptors (Lipinski definition) is 5. The molecule has 5 heteroatoms. The van der Waals surface area contributed by atoms with E-state index in [1.165, 1.54) is 11.8 Å². The third kappa shape index (κ3) is 2.79. The minimum atomic E-state index is 0.254. The molecule has 2 aromatic heterocycles. The van der Waals surface area contributed by atoms with Crippen LogP contribution in [0.15, 0.2) is 34.3 Å². The largest absolute Gasteiger partial charge is 0.396 e. The van der Waals surface area contributed by atoms with E-state index in [4.69, 9.17) is 11.0 Å². The zero-order valence-electron chi connectivity index (χ0n) is 10.1. The minimum Gasteiger partial charge on any atom is -0.396 e. The molecule has 2 N–H and O–H groups in total. The van der Waals surface area contributed by atoms with Crippen LogP contribution in [0.5, 0.6) is 0 Å². The van der Waals surface area contributed by atoms with E-state index >= 15 is 0 Å². The first-order valence-electron chi connectivity index (χ1n) is 5.38. The molecule has 0 aromatic carbocycles. The molecule has 0 atom stereocenters. The summed E-state index contributed by atoms with van der Waals surface area (Å²) in [6.45, 7) is 3.98. The van der Waals surface area contributed by atoms with Crippen LogP contribution in [-0.4, -0.2) is 9.97 Å².